The molecule has 2 amide bonds. The van der Waals surface area contributed by atoms with Crippen LogP contribution in [0.2, 0.25) is 0 Å². The van der Waals surface area contributed by atoms with Gasteiger partial charge < -0.3 is 19.7 Å². The lowest BCUT2D eigenvalue weighted by Crippen LogP contribution is -2.51. The van der Waals surface area contributed by atoms with Gasteiger partial charge in [-0.3, -0.25) is 14.5 Å². The molecule has 1 saturated heterocycles. The Kier molecular flexibility index (Phi) is 7.30. The lowest BCUT2D eigenvalue weighted by Gasteiger charge is -2.34. The summed E-state index contributed by atoms with van der Waals surface area (Å²) in [6.07, 6.45) is 0. The Morgan fingerprint density at radius 3 is 2.13 bits per heavy atom. The molecule has 1 fully saturated rings. The highest BCUT2D eigenvalue weighted by molar-refractivity contribution is 5.93. The van der Waals surface area contributed by atoms with E-state index < -0.39 is 0 Å². The average molecular weight is 412 g/mol. The predicted molar refractivity (Wildman–Crippen MR) is 116 cm³/mol. The van der Waals surface area contributed by atoms with Gasteiger partial charge in [-0.25, -0.2) is 0 Å². The molecule has 1 aliphatic heterocycles. The second-order valence-corrected chi connectivity index (χ2v) is 7.44. The number of nitrogens with zero attached hydrogens (tertiary/aromatic N) is 2. The van der Waals surface area contributed by atoms with Crippen molar-refractivity contribution in [3.63, 3.8) is 0 Å². The third kappa shape index (κ3) is 5.73. The standard InChI is InChI=1S/C23H29N3O4/c1-17-5-4-6-18(2)23(17)24-21(27)15-25-11-13-26(14-12-25)22(28)16-30-20-9-7-19(29-3)8-10-20/h4-10H,11-16H2,1-3H3,(H,24,27). The van der Waals surface area contributed by atoms with E-state index in [9.17, 15) is 9.59 Å². The molecule has 160 valence electrons. The summed E-state index contributed by atoms with van der Waals surface area (Å²) in [5.74, 6) is 1.29. The maximum atomic E-state index is 12.4. The average Bonchev–Trinajstić information content (AvgIpc) is 2.75. The molecule has 1 N–H and O–H groups in total. The number of rotatable bonds is 7. The summed E-state index contributed by atoms with van der Waals surface area (Å²) >= 11 is 0. The van der Waals surface area contributed by atoms with Gasteiger partial charge in [0.25, 0.3) is 5.91 Å². The van der Waals surface area contributed by atoms with E-state index in [1.165, 1.54) is 0 Å². The molecule has 0 spiro atoms. The number of anilines is 1. The van der Waals surface area contributed by atoms with Crippen LogP contribution in [0.4, 0.5) is 5.69 Å². The van der Waals surface area contributed by atoms with Crippen LogP contribution >= 0.6 is 0 Å². The first-order valence-corrected chi connectivity index (χ1v) is 10.1. The number of benzene rings is 2. The van der Waals surface area contributed by atoms with Gasteiger partial charge in [-0.2, -0.15) is 0 Å². The highest BCUT2D eigenvalue weighted by atomic mass is 16.5. The summed E-state index contributed by atoms with van der Waals surface area (Å²) in [6.45, 7) is 6.78. The molecule has 3 rings (SSSR count). The number of ether oxygens (including phenoxy) is 2. The first-order valence-electron chi connectivity index (χ1n) is 10.1. The van der Waals surface area contributed by atoms with Crippen molar-refractivity contribution in [2.75, 3.05) is 51.8 Å². The van der Waals surface area contributed by atoms with Crippen LogP contribution in [0.5, 0.6) is 11.5 Å². The van der Waals surface area contributed by atoms with E-state index in [1.54, 1.807) is 36.3 Å². The lowest BCUT2D eigenvalue weighted by atomic mass is 10.1. The largest absolute Gasteiger partial charge is 0.497 e. The first kappa shape index (κ1) is 21.6. The number of nitrogens with one attached hydrogen (secondary N) is 1. The summed E-state index contributed by atoms with van der Waals surface area (Å²) in [6, 6.07) is 13.1. The molecule has 7 heteroatoms. The van der Waals surface area contributed by atoms with Crippen molar-refractivity contribution in [3.8, 4) is 11.5 Å². The fourth-order valence-electron chi connectivity index (χ4n) is 3.46. The van der Waals surface area contributed by atoms with Crippen molar-refractivity contribution in [3.05, 3.63) is 53.6 Å². The Morgan fingerprint density at radius 1 is 0.933 bits per heavy atom. The van der Waals surface area contributed by atoms with Crippen molar-refractivity contribution >= 4 is 17.5 Å². The third-order valence-electron chi connectivity index (χ3n) is 5.26. The quantitative estimate of drug-likeness (QED) is 0.758. The summed E-state index contributed by atoms with van der Waals surface area (Å²) in [5, 5.41) is 3.02. The van der Waals surface area contributed by atoms with E-state index >= 15 is 0 Å². The minimum Gasteiger partial charge on any atom is -0.497 e. The van der Waals surface area contributed by atoms with E-state index in [2.05, 4.69) is 10.2 Å². The minimum absolute atomic E-state index is 0.000619. The SMILES string of the molecule is COc1ccc(OCC(=O)N2CCN(CC(=O)Nc3c(C)cccc3C)CC2)cc1. The number of piperazine rings is 1. The smallest absolute Gasteiger partial charge is 0.260 e. The summed E-state index contributed by atoms with van der Waals surface area (Å²) < 4.78 is 10.7. The molecule has 0 unspecified atom stereocenters. The Balaban J connectivity index is 1.41. The number of para-hydroxylation sites is 1. The normalized spacial score (nSPS) is 14.3. The Bertz CT molecular complexity index is 854. The highest BCUT2D eigenvalue weighted by Gasteiger charge is 2.23. The Labute approximate surface area is 177 Å². The van der Waals surface area contributed by atoms with Crippen LogP contribution in [-0.2, 0) is 9.59 Å². The van der Waals surface area contributed by atoms with Gasteiger partial charge >= 0.3 is 0 Å². The highest BCUT2D eigenvalue weighted by Crippen LogP contribution is 2.19. The number of aryl methyl sites for hydroxylation is 2. The van der Waals surface area contributed by atoms with Gasteiger partial charge in [-0.15, -0.1) is 0 Å². The van der Waals surface area contributed by atoms with E-state index in [0.29, 0.717) is 38.5 Å². The molecule has 7 nitrogen and oxygen atoms in total. The molecule has 2 aromatic rings. The van der Waals surface area contributed by atoms with E-state index in [1.807, 2.05) is 32.0 Å². The van der Waals surface area contributed by atoms with Crippen LogP contribution in [0.15, 0.2) is 42.5 Å². The lowest BCUT2D eigenvalue weighted by molar-refractivity contribution is -0.135. The summed E-state index contributed by atoms with van der Waals surface area (Å²) in [4.78, 5) is 28.7. The maximum Gasteiger partial charge on any atom is 0.260 e. The maximum absolute atomic E-state index is 12.4. The molecule has 2 aromatic carbocycles. The van der Waals surface area contributed by atoms with Crippen LogP contribution in [0.1, 0.15) is 11.1 Å². The molecule has 0 aliphatic carbocycles. The van der Waals surface area contributed by atoms with Crippen LogP contribution in [0.3, 0.4) is 0 Å². The van der Waals surface area contributed by atoms with Crippen molar-refractivity contribution in [1.82, 2.24) is 9.80 Å². The van der Waals surface area contributed by atoms with Crippen LogP contribution < -0.4 is 14.8 Å². The number of carbonyl (C=O) groups is 2. The summed E-state index contributed by atoms with van der Waals surface area (Å²) in [5.41, 5.74) is 2.98. The monoisotopic (exact) mass is 411 g/mol. The second-order valence-electron chi connectivity index (χ2n) is 7.44. The molecule has 30 heavy (non-hydrogen) atoms. The zero-order chi connectivity index (χ0) is 21.5. The number of methoxy groups -OCH3 is 1. The molecule has 0 atom stereocenters. The first-order chi connectivity index (χ1) is 14.5. The predicted octanol–water partition coefficient (Wildman–Crippen LogP) is 2.47. The van der Waals surface area contributed by atoms with Crippen molar-refractivity contribution in [2.24, 2.45) is 0 Å². The van der Waals surface area contributed by atoms with Gasteiger partial charge in [0.1, 0.15) is 11.5 Å². The van der Waals surface area contributed by atoms with Crippen molar-refractivity contribution in [2.45, 2.75) is 13.8 Å². The fraction of sp³-hybridized carbons (Fsp3) is 0.391. The van der Waals surface area contributed by atoms with Crippen LogP contribution in [-0.4, -0.2) is 68.1 Å². The van der Waals surface area contributed by atoms with E-state index in [-0.39, 0.29) is 18.4 Å². The molecule has 0 radical (unpaired) electrons. The minimum atomic E-state index is -0.0505. The second kappa shape index (κ2) is 10.1. The molecule has 1 aliphatic rings. The molecule has 0 aromatic heterocycles. The number of hydrogen-bond acceptors (Lipinski definition) is 5. The van der Waals surface area contributed by atoms with Gasteiger partial charge in [-0.05, 0) is 49.2 Å². The fourth-order valence-corrected chi connectivity index (χ4v) is 3.46. The number of hydrogen-bond donors (Lipinski definition) is 1. The van der Waals surface area contributed by atoms with Crippen LogP contribution in [0, 0.1) is 13.8 Å². The van der Waals surface area contributed by atoms with Gasteiger partial charge in [0.15, 0.2) is 6.61 Å². The zero-order valence-corrected chi connectivity index (χ0v) is 17.8. The summed E-state index contributed by atoms with van der Waals surface area (Å²) in [7, 11) is 1.60. The Morgan fingerprint density at radius 2 is 1.53 bits per heavy atom. The van der Waals surface area contributed by atoms with Crippen molar-refractivity contribution in [1.29, 1.82) is 0 Å². The number of carbonyl (C=O) groups excluding carboxylic acids is 2. The van der Waals surface area contributed by atoms with Gasteiger partial charge in [0.2, 0.25) is 5.91 Å². The van der Waals surface area contributed by atoms with E-state index in [4.69, 9.17) is 9.47 Å². The topological polar surface area (TPSA) is 71.1 Å². The van der Waals surface area contributed by atoms with Gasteiger partial charge in [0.05, 0.1) is 13.7 Å². The van der Waals surface area contributed by atoms with Gasteiger partial charge in [0, 0.05) is 31.9 Å². The molecular weight excluding hydrogens is 382 g/mol. The number of amides is 2. The van der Waals surface area contributed by atoms with Gasteiger partial charge in [-0.1, -0.05) is 18.2 Å². The van der Waals surface area contributed by atoms with Crippen molar-refractivity contribution < 1.29 is 19.1 Å². The molecular formula is C23H29N3O4. The third-order valence-corrected chi connectivity index (χ3v) is 5.26. The van der Waals surface area contributed by atoms with E-state index in [0.717, 1.165) is 22.6 Å². The molecule has 0 bridgehead atoms. The zero-order valence-electron chi connectivity index (χ0n) is 17.8. The Hall–Kier alpha value is -3.06. The van der Waals surface area contributed by atoms with Crippen LogP contribution in [0.25, 0.3) is 0 Å². The molecule has 1 heterocycles. The molecule has 0 saturated carbocycles.